The number of ether oxygens (including phenoxy) is 2. The van der Waals surface area contributed by atoms with Crippen molar-refractivity contribution in [3.05, 3.63) is 48.6 Å². The second-order valence-electron chi connectivity index (χ2n) is 15.8. The first-order chi connectivity index (χ1) is 28.3. The highest BCUT2D eigenvalue weighted by atomic mass is 31.2. The molecule has 0 bridgehead atoms. The number of aliphatic hydroxyl groups excluding tert-OH is 2. The van der Waals surface area contributed by atoms with Crippen molar-refractivity contribution in [3.8, 4) is 0 Å². The van der Waals surface area contributed by atoms with Gasteiger partial charge in [0.05, 0.1) is 26.4 Å². The second kappa shape index (κ2) is 45.0. The molecule has 58 heavy (non-hydrogen) atoms. The van der Waals surface area contributed by atoms with Crippen molar-refractivity contribution in [3.63, 3.8) is 0 Å². The first kappa shape index (κ1) is 56.4. The van der Waals surface area contributed by atoms with Gasteiger partial charge in [-0.2, -0.15) is 0 Å². The Morgan fingerprint density at radius 3 is 1.48 bits per heavy atom. The van der Waals surface area contributed by atoms with Crippen LogP contribution >= 0.6 is 7.82 Å². The summed E-state index contributed by atoms with van der Waals surface area (Å²) in [6, 6.07) is 0. The van der Waals surface area contributed by atoms with Crippen LogP contribution in [-0.2, 0) is 27.9 Å². The number of hydrogen-bond donors (Lipinski definition) is 3. The largest absolute Gasteiger partial charge is 0.472 e. The standard InChI is InChI=1S/C48H89O9P/c1-3-5-7-9-11-13-15-17-19-20-21-22-23-24-25-27-29-31-33-35-37-39-41-54-44-47(45-56-58(52,53)55-43-46(50)42-49)57-48(51)40-38-36-34-32-30-28-26-18-16-14-12-10-8-6-4-2/h5,7,11,13,17,19,21-22,46-47,49-50H,3-4,6,8-10,12,14-16,18,20,23-45H2,1-2H3,(H,52,53)/b7-5-,13-11-,19-17-,22-21-. The number of unbranched alkanes of at least 4 members (excludes halogenated alkanes) is 23. The Hall–Kier alpha value is -1.58. The van der Waals surface area contributed by atoms with Crippen molar-refractivity contribution in [1.29, 1.82) is 0 Å². The Labute approximate surface area is 356 Å². The molecule has 0 aromatic heterocycles. The molecule has 0 aliphatic heterocycles. The van der Waals surface area contributed by atoms with Crippen molar-refractivity contribution in [2.24, 2.45) is 0 Å². The van der Waals surface area contributed by atoms with Crippen LogP contribution in [0.4, 0.5) is 0 Å². The van der Waals surface area contributed by atoms with Gasteiger partial charge in [0.1, 0.15) is 12.2 Å². The van der Waals surface area contributed by atoms with Crippen LogP contribution in [0.5, 0.6) is 0 Å². The van der Waals surface area contributed by atoms with Gasteiger partial charge in [0, 0.05) is 13.0 Å². The molecule has 0 aliphatic rings. The lowest BCUT2D eigenvalue weighted by Gasteiger charge is -2.20. The van der Waals surface area contributed by atoms with E-state index in [0.717, 1.165) is 70.6 Å². The summed E-state index contributed by atoms with van der Waals surface area (Å²) in [5.41, 5.74) is 0. The van der Waals surface area contributed by atoms with Crippen LogP contribution < -0.4 is 0 Å². The Balaban J connectivity index is 4.10. The minimum absolute atomic E-state index is 0.0464. The zero-order valence-electron chi connectivity index (χ0n) is 37.3. The fourth-order valence-electron chi connectivity index (χ4n) is 6.47. The SMILES string of the molecule is CC/C=C\C/C=C\C/C=C\C/C=C\CCCCCCCCCCCOCC(COP(=O)(O)OCC(O)CO)OC(=O)CCCCCCCCCCCCCCCCC. The highest BCUT2D eigenvalue weighted by Gasteiger charge is 2.26. The maximum absolute atomic E-state index is 12.6. The van der Waals surface area contributed by atoms with E-state index < -0.39 is 33.2 Å². The number of carbonyl (C=O) groups excluding carboxylic acids is 1. The van der Waals surface area contributed by atoms with Gasteiger partial charge in [-0.15, -0.1) is 0 Å². The molecule has 3 atom stereocenters. The molecule has 0 rings (SSSR count). The molecule has 0 aromatic rings. The first-order valence-electron chi connectivity index (χ1n) is 23.6. The summed E-state index contributed by atoms with van der Waals surface area (Å²) < 4.78 is 33.4. The van der Waals surface area contributed by atoms with Crippen LogP contribution in [0.3, 0.4) is 0 Å². The Morgan fingerprint density at radius 2 is 0.983 bits per heavy atom. The van der Waals surface area contributed by atoms with E-state index in [0.29, 0.717) is 6.61 Å². The van der Waals surface area contributed by atoms with E-state index in [1.165, 1.54) is 116 Å². The fourth-order valence-corrected chi connectivity index (χ4v) is 7.25. The average Bonchev–Trinajstić information content (AvgIpc) is 3.21. The van der Waals surface area contributed by atoms with Crippen molar-refractivity contribution in [1.82, 2.24) is 0 Å². The van der Waals surface area contributed by atoms with Gasteiger partial charge in [0.15, 0.2) is 0 Å². The number of phosphoric acid groups is 1. The molecule has 0 aliphatic carbocycles. The van der Waals surface area contributed by atoms with Gasteiger partial charge in [-0.25, -0.2) is 4.57 Å². The first-order valence-corrected chi connectivity index (χ1v) is 25.1. The molecule has 10 heteroatoms. The van der Waals surface area contributed by atoms with Crippen LogP contribution in [0, 0.1) is 0 Å². The maximum Gasteiger partial charge on any atom is 0.472 e. The molecular formula is C48H89O9P. The van der Waals surface area contributed by atoms with Gasteiger partial charge in [-0.05, 0) is 51.4 Å². The van der Waals surface area contributed by atoms with Gasteiger partial charge in [-0.1, -0.05) is 197 Å². The van der Waals surface area contributed by atoms with Crippen LogP contribution in [0.2, 0.25) is 0 Å². The second-order valence-corrected chi connectivity index (χ2v) is 17.2. The third-order valence-electron chi connectivity index (χ3n) is 10.0. The summed E-state index contributed by atoms with van der Waals surface area (Å²) in [4.78, 5) is 22.6. The van der Waals surface area contributed by atoms with E-state index in [9.17, 15) is 19.4 Å². The number of phosphoric ester groups is 1. The molecule has 0 fully saturated rings. The summed E-state index contributed by atoms with van der Waals surface area (Å²) in [6.45, 7) is 3.42. The monoisotopic (exact) mass is 841 g/mol. The van der Waals surface area contributed by atoms with Crippen LogP contribution in [0.15, 0.2) is 48.6 Å². The molecule has 0 aromatic carbocycles. The van der Waals surface area contributed by atoms with E-state index in [1.807, 2.05) is 0 Å². The third kappa shape index (κ3) is 44.0. The molecule has 3 N–H and O–H groups in total. The molecule has 0 saturated heterocycles. The maximum atomic E-state index is 12.6. The summed E-state index contributed by atoms with van der Waals surface area (Å²) in [5, 5.41) is 18.4. The predicted octanol–water partition coefficient (Wildman–Crippen LogP) is 13.4. The Bertz CT molecular complexity index is 1040. The van der Waals surface area contributed by atoms with Crippen molar-refractivity contribution in [2.75, 3.05) is 33.0 Å². The van der Waals surface area contributed by atoms with Gasteiger partial charge < -0.3 is 24.6 Å². The van der Waals surface area contributed by atoms with E-state index in [4.69, 9.17) is 23.6 Å². The lowest BCUT2D eigenvalue weighted by atomic mass is 10.0. The molecule has 0 heterocycles. The molecule has 0 amide bonds. The lowest BCUT2D eigenvalue weighted by molar-refractivity contribution is -0.154. The molecule has 0 saturated carbocycles. The van der Waals surface area contributed by atoms with Crippen molar-refractivity contribution in [2.45, 2.75) is 219 Å². The van der Waals surface area contributed by atoms with Gasteiger partial charge in [0.25, 0.3) is 0 Å². The van der Waals surface area contributed by atoms with Gasteiger partial charge in [0.2, 0.25) is 0 Å². The Morgan fingerprint density at radius 1 is 0.552 bits per heavy atom. The van der Waals surface area contributed by atoms with E-state index in [-0.39, 0.29) is 25.6 Å². The van der Waals surface area contributed by atoms with Gasteiger partial charge in [-0.3, -0.25) is 13.8 Å². The summed E-state index contributed by atoms with van der Waals surface area (Å²) in [5.74, 6) is -0.383. The zero-order valence-corrected chi connectivity index (χ0v) is 38.2. The van der Waals surface area contributed by atoms with Crippen LogP contribution in [0.1, 0.15) is 206 Å². The van der Waals surface area contributed by atoms with E-state index in [2.05, 4.69) is 62.5 Å². The molecular weight excluding hydrogens is 751 g/mol. The fraction of sp³-hybridized carbons (Fsp3) is 0.812. The highest BCUT2D eigenvalue weighted by Crippen LogP contribution is 2.43. The minimum Gasteiger partial charge on any atom is -0.457 e. The van der Waals surface area contributed by atoms with Crippen LogP contribution in [-0.4, -0.2) is 66.3 Å². The molecule has 0 spiro atoms. The van der Waals surface area contributed by atoms with Crippen molar-refractivity contribution >= 4 is 13.8 Å². The number of hydrogen-bond acceptors (Lipinski definition) is 8. The Kier molecular flexibility index (Phi) is 43.7. The summed E-state index contributed by atoms with van der Waals surface area (Å²) >= 11 is 0. The molecule has 0 radical (unpaired) electrons. The number of carbonyl (C=O) groups is 1. The van der Waals surface area contributed by atoms with Crippen LogP contribution in [0.25, 0.3) is 0 Å². The lowest BCUT2D eigenvalue weighted by Crippen LogP contribution is -2.29. The third-order valence-corrected chi connectivity index (χ3v) is 11.0. The minimum atomic E-state index is -4.52. The summed E-state index contributed by atoms with van der Waals surface area (Å²) in [6.07, 6.45) is 50.7. The number of rotatable bonds is 45. The predicted molar refractivity (Wildman–Crippen MR) is 242 cm³/mol. The topological polar surface area (TPSA) is 132 Å². The smallest absolute Gasteiger partial charge is 0.457 e. The highest BCUT2D eigenvalue weighted by molar-refractivity contribution is 7.47. The van der Waals surface area contributed by atoms with E-state index >= 15 is 0 Å². The van der Waals surface area contributed by atoms with Gasteiger partial charge >= 0.3 is 13.8 Å². The number of allylic oxidation sites excluding steroid dienone is 8. The molecule has 3 unspecified atom stereocenters. The quantitative estimate of drug-likeness (QED) is 0.0237. The van der Waals surface area contributed by atoms with Crippen molar-refractivity contribution < 1.29 is 43.0 Å². The zero-order chi connectivity index (χ0) is 42.5. The van der Waals surface area contributed by atoms with E-state index in [1.54, 1.807) is 0 Å². The normalized spacial score (nSPS) is 14.4. The summed E-state index contributed by atoms with van der Waals surface area (Å²) in [7, 11) is -4.52. The number of esters is 1. The average molecular weight is 841 g/mol. The molecule has 9 nitrogen and oxygen atoms in total. The number of aliphatic hydroxyl groups is 2. The molecule has 340 valence electrons.